The second-order valence-corrected chi connectivity index (χ2v) is 5.18. The molecule has 4 nitrogen and oxygen atoms in total. The average molecular weight is 288 g/mol. The summed E-state index contributed by atoms with van der Waals surface area (Å²) < 4.78 is 8.63. The van der Waals surface area contributed by atoms with Gasteiger partial charge >= 0.3 is 0 Å². The van der Waals surface area contributed by atoms with E-state index in [-0.39, 0.29) is 0 Å². The van der Waals surface area contributed by atoms with Crippen LogP contribution in [0, 0.1) is 6.92 Å². The molecule has 2 rings (SSSR count). The molecule has 0 aliphatic carbocycles. The van der Waals surface area contributed by atoms with Crippen LogP contribution in [-0.4, -0.2) is 40.5 Å². The first-order chi connectivity index (χ1) is 7.58. The molecule has 1 unspecified atom stereocenters. The molecular formula is C11H18BrN3O. The van der Waals surface area contributed by atoms with E-state index < -0.39 is 0 Å². The summed E-state index contributed by atoms with van der Waals surface area (Å²) in [4.78, 5) is 2.41. The van der Waals surface area contributed by atoms with Gasteiger partial charge in [0.1, 0.15) is 0 Å². The third-order valence-corrected chi connectivity index (χ3v) is 3.99. The second-order valence-electron chi connectivity index (χ2n) is 4.39. The summed E-state index contributed by atoms with van der Waals surface area (Å²) in [5.41, 5.74) is 2.30. The smallest absolute Gasteiger partial charge is 0.0739 e. The van der Waals surface area contributed by atoms with Crippen LogP contribution in [0.4, 0.5) is 0 Å². The Morgan fingerprint density at radius 1 is 1.56 bits per heavy atom. The lowest BCUT2D eigenvalue weighted by Crippen LogP contribution is -2.40. The topological polar surface area (TPSA) is 30.3 Å². The minimum Gasteiger partial charge on any atom is -0.376 e. The fourth-order valence-corrected chi connectivity index (χ4v) is 2.56. The van der Waals surface area contributed by atoms with Crippen LogP contribution in [0.3, 0.4) is 0 Å². The minimum absolute atomic E-state index is 0.335. The van der Waals surface area contributed by atoms with Crippen LogP contribution < -0.4 is 0 Å². The Labute approximate surface area is 105 Å². The summed E-state index contributed by atoms with van der Waals surface area (Å²) in [6.45, 7) is 7.91. The number of aromatic nitrogens is 2. The van der Waals surface area contributed by atoms with Gasteiger partial charge in [0.05, 0.1) is 28.6 Å². The molecule has 0 N–H and O–H groups in total. The highest BCUT2D eigenvalue weighted by Gasteiger charge is 2.20. The molecule has 0 saturated carbocycles. The molecule has 1 aliphatic rings. The zero-order chi connectivity index (χ0) is 11.7. The normalized spacial score (nSPS) is 22.6. The molecule has 0 amide bonds. The predicted molar refractivity (Wildman–Crippen MR) is 66.3 cm³/mol. The van der Waals surface area contributed by atoms with Crippen molar-refractivity contribution in [3.05, 3.63) is 15.9 Å². The Hall–Kier alpha value is -0.390. The molecule has 1 aromatic rings. The van der Waals surface area contributed by atoms with Gasteiger partial charge in [0, 0.05) is 26.7 Å². The molecule has 1 fully saturated rings. The predicted octanol–water partition coefficient (Wildman–Crippen LogP) is 1.71. The Balaban J connectivity index is 2.08. The Morgan fingerprint density at radius 3 is 2.88 bits per heavy atom. The van der Waals surface area contributed by atoms with Crippen LogP contribution >= 0.6 is 15.9 Å². The van der Waals surface area contributed by atoms with Crippen molar-refractivity contribution >= 4 is 15.9 Å². The van der Waals surface area contributed by atoms with Crippen molar-refractivity contribution in [2.75, 3.05) is 19.7 Å². The van der Waals surface area contributed by atoms with E-state index in [1.807, 2.05) is 18.7 Å². The van der Waals surface area contributed by atoms with Gasteiger partial charge in [-0.05, 0) is 29.8 Å². The standard InChI is InChI=1S/C11H18BrN3O/c1-8-6-15(4-5-16-8)7-10-11(12)9(2)13-14(10)3/h8H,4-7H2,1-3H3. The minimum atomic E-state index is 0.335. The molecule has 2 heterocycles. The average Bonchev–Trinajstić information content (AvgIpc) is 2.45. The lowest BCUT2D eigenvalue weighted by molar-refractivity contribution is -0.0219. The van der Waals surface area contributed by atoms with Crippen LogP contribution in [0.2, 0.25) is 0 Å². The second kappa shape index (κ2) is 4.85. The summed E-state index contributed by atoms with van der Waals surface area (Å²) in [5.74, 6) is 0. The van der Waals surface area contributed by atoms with E-state index in [1.54, 1.807) is 0 Å². The molecule has 0 radical (unpaired) electrons. The highest BCUT2D eigenvalue weighted by atomic mass is 79.9. The van der Waals surface area contributed by atoms with Crippen molar-refractivity contribution in [2.24, 2.45) is 7.05 Å². The van der Waals surface area contributed by atoms with Crippen LogP contribution in [0.15, 0.2) is 4.47 Å². The van der Waals surface area contributed by atoms with E-state index in [9.17, 15) is 0 Å². The lowest BCUT2D eigenvalue weighted by Gasteiger charge is -2.31. The lowest BCUT2D eigenvalue weighted by atomic mass is 10.2. The summed E-state index contributed by atoms with van der Waals surface area (Å²) in [6.07, 6.45) is 0.335. The number of hydrogen-bond donors (Lipinski definition) is 0. The van der Waals surface area contributed by atoms with Crippen LogP contribution in [0.1, 0.15) is 18.3 Å². The van der Waals surface area contributed by atoms with Crippen molar-refractivity contribution in [3.63, 3.8) is 0 Å². The highest BCUT2D eigenvalue weighted by molar-refractivity contribution is 9.10. The molecule has 1 aromatic heterocycles. The molecule has 1 aliphatic heterocycles. The molecular weight excluding hydrogens is 270 g/mol. The van der Waals surface area contributed by atoms with Crippen molar-refractivity contribution in [1.82, 2.24) is 14.7 Å². The number of aryl methyl sites for hydroxylation is 2. The van der Waals surface area contributed by atoms with E-state index >= 15 is 0 Å². The maximum absolute atomic E-state index is 5.54. The molecule has 0 aromatic carbocycles. The SMILES string of the molecule is Cc1nn(C)c(CN2CCOC(C)C2)c1Br. The highest BCUT2D eigenvalue weighted by Crippen LogP contribution is 2.22. The van der Waals surface area contributed by atoms with Gasteiger partial charge in [0.15, 0.2) is 0 Å². The van der Waals surface area contributed by atoms with E-state index in [2.05, 4.69) is 32.9 Å². The maximum atomic E-state index is 5.54. The number of rotatable bonds is 2. The first-order valence-electron chi connectivity index (χ1n) is 5.60. The molecule has 1 atom stereocenters. The van der Waals surface area contributed by atoms with Crippen LogP contribution in [0.5, 0.6) is 0 Å². The zero-order valence-electron chi connectivity index (χ0n) is 10.0. The summed E-state index contributed by atoms with van der Waals surface area (Å²) in [7, 11) is 2.00. The van der Waals surface area contributed by atoms with Gasteiger partial charge in [-0.1, -0.05) is 0 Å². The number of ether oxygens (including phenoxy) is 1. The van der Waals surface area contributed by atoms with Gasteiger partial charge in [0.2, 0.25) is 0 Å². The number of hydrogen-bond acceptors (Lipinski definition) is 3. The van der Waals surface area contributed by atoms with Gasteiger partial charge < -0.3 is 4.74 Å². The fourth-order valence-electron chi connectivity index (χ4n) is 2.10. The number of halogens is 1. The van der Waals surface area contributed by atoms with Crippen molar-refractivity contribution in [3.8, 4) is 0 Å². The van der Waals surface area contributed by atoms with Gasteiger partial charge in [-0.2, -0.15) is 5.10 Å². The van der Waals surface area contributed by atoms with E-state index in [1.165, 1.54) is 5.69 Å². The summed E-state index contributed by atoms with van der Waals surface area (Å²) in [5, 5.41) is 4.41. The van der Waals surface area contributed by atoms with Crippen LogP contribution in [0.25, 0.3) is 0 Å². The molecule has 5 heteroatoms. The number of nitrogens with zero attached hydrogens (tertiary/aromatic N) is 3. The number of morpholine rings is 1. The van der Waals surface area contributed by atoms with E-state index in [0.29, 0.717) is 6.10 Å². The Morgan fingerprint density at radius 2 is 2.31 bits per heavy atom. The van der Waals surface area contributed by atoms with Crippen molar-refractivity contribution in [1.29, 1.82) is 0 Å². The Kier molecular flexibility index (Phi) is 3.66. The largest absolute Gasteiger partial charge is 0.376 e. The third kappa shape index (κ3) is 2.47. The van der Waals surface area contributed by atoms with Gasteiger partial charge in [-0.3, -0.25) is 9.58 Å². The quantitative estimate of drug-likeness (QED) is 0.830. The van der Waals surface area contributed by atoms with E-state index in [4.69, 9.17) is 4.74 Å². The molecule has 0 bridgehead atoms. The Bertz CT molecular complexity index is 378. The first kappa shape index (κ1) is 12.1. The molecule has 90 valence electrons. The van der Waals surface area contributed by atoms with Crippen molar-refractivity contribution in [2.45, 2.75) is 26.5 Å². The molecule has 16 heavy (non-hydrogen) atoms. The van der Waals surface area contributed by atoms with Crippen LogP contribution in [-0.2, 0) is 18.3 Å². The molecule has 0 spiro atoms. The first-order valence-corrected chi connectivity index (χ1v) is 6.39. The third-order valence-electron chi connectivity index (χ3n) is 2.96. The van der Waals surface area contributed by atoms with Crippen molar-refractivity contribution < 1.29 is 4.74 Å². The van der Waals surface area contributed by atoms with Gasteiger partial charge in [-0.25, -0.2) is 0 Å². The monoisotopic (exact) mass is 287 g/mol. The zero-order valence-corrected chi connectivity index (χ0v) is 11.6. The summed E-state index contributed by atoms with van der Waals surface area (Å²) >= 11 is 3.60. The fraction of sp³-hybridized carbons (Fsp3) is 0.727. The maximum Gasteiger partial charge on any atom is 0.0739 e. The molecule has 1 saturated heterocycles. The van der Waals surface area contributed by atoms with E-state index in [0.717, 1.165) is 36.4 Å². The van der Waals surface area contributed by atoms with Gasteiger partial charge in [-0.15, -0.1) is 0 Å². The summed E-state index contributed by atoms with van der Waals surface area (Å²) in [6, 6.07) is 0. The van der Waals surface area contributed by atoms with Gasteiger partial charge in [0.25, 0.3) is 0 Å².